The Kier molecular flexibility index (Phi) is 7.50. The first kappa shape index (κ1) is 24.2. The van der Waals surface area contributed by atoms with E-state index >= 15 is 0 Å². The van der Waals surface area contributed by atoms with Crippen LogP contribution in [0.5, 0.6) is 5.75 Å². The van der Waals surface area contributed by atoms with Crippen LogP contribution in [0.4, 0.5) is 5.69 Å². The van der Waals surface area contributed by atoms with Gasteiger partial charge in [0, 0.05) is 50.3 Å². The topological polar surface area (TPSA) is 105 Å². The van der Waals surface area contributed by atoms with E-state index in [0.717, 1.165) is 11.1 Å². The van der Waals surface area contributed by atoms with Gasteiger partial charge in [-0.3, -0.25) is 9.59 Å². The summed E-state index contributed by atoms with van der Waals surface area (Å²) in [5.41, 5.74) is 2.23. The van der Waals surface area contributed by atoms with Crippen molar-refractivity contribution < 1.29 is 27.5 Å². The lowest BCUT2D eigenvalue weighted by atomic mass is 10.2. The number of fused-ring (bicyclic) bond motifs is 1. The molecule has 9 nitrogen and oxygen atoms in total. The molecule has 2 amide bonds. The minimum Gasteiger partial charge on any atom is -0.496 e. The molecule has 4 rings (SSSR count). The standard InChI is InChI=1S/C24H29N3O6S/c1-32-22-5-3-2-4-19(22)17-25-34(30,31)20-6-7-21-18(16-20)10-11-27(21)24(29)9-8-23(28)26-12-14-33-15-13-26/h2-7,16,25H,8-15,17H2,1H3. The summed E-state index contributed by atoms with van der Waals surface area (Å²) in [6.07, 6.45) is 0.842. The summed E-state index contributed by atoms with van der Waals surface area (Å²) in [6.45, 7) is 2.74. The van der Waals surface area contributed by atoms with Gasteiger partial charge in [0.15, 0.2) is 0 Å². The second kappa shape index (κ2) is 10.5. The first-order chi connectivity index (χ1) is 16.4. The number of benzene rings is 2. The minimum absolute atomic E-state index is 0.0429. The highest BCUT2D eigenvalue weighted by Crippen LogP contribution is 2.31. The molecule has 34 heavy (non-hydrogen) atoms. The molecule has 0 saturated carbocycles. The third kappa shape index (κ3) is 5.40. The van der Waals surface area contributed by atoms with Crippen molar-refractivity contribution in [3.8, 4) is 5.75 Å². The van der Waals surface area contributed by atoms with Crippen LogP contribution >= 0.6 is 0 Å². The van der Waals surface area contributed by atoms with Gasteiger partial charge >= 0.3 is 0 Å². The normalized spacial score (nSPS) is 15.8. The number of nitrogens with one attached hydrogen (secondary N) is 1. The van der Waals surface area contributed by atoms with Crippen molar-refractivity contribution in [2.45, 2.75) is 30.7 Å². The number of carbonyl (C=O) groups excluding carboxylic acids is 2. The molecule has 1 N–H and O–H groups in total. The molecule has 0 unspecified atom stereocenters. The van der Waals surface area contributed by atoms with Gasteiger partial charge in [-0.1, -0.05) is 18.2 Å². The molecule has 1 saturated heterocycles. The fourth-order valence-corrected chi connectivity index (χ4v) is 5.29. The number of hydrogen-bond donors (Lipinski definition) is 1. The number of hydrogen-bond acceptors (Lipinski definition) is 6. The number of ether oxygens (including phenoxy) is 2. The Labute approximate surface area is 199 Å². The van der Waals surface area contributed by atoms with Gasteiger partial charge < -0.3 is 19.3 Å². The molecule has 0 radical (unpaired) electrons. The SMILES string of the molecule is COc1ccccc1CNS(=O)(=O)c1ccc2c(c1)CCN2C(=O)CCC(=O)N1CCOCC1. The van der Waals surface area contributed by atoms with Crippen molar-refractivity contribution in [2.75, 3.05) is 44.9 Å². The molecule has 0 spiro atoms. The van der Waals surface area contributed by atoms with Crippen molar-refractivity contribution in [3.63, 3.8) is 0 Å². The molecule has 182 valence electrons. The lowest BCUT2D eigenvalue weighted by molar-refractivity contribution is -0.136. The van der Waals surface area contributed by atoms with E-state index in [9.17, 15) is 18.0 Å². The van der Waals surface area contributed by atoms with Crippen molar-refractivity contribution in [2.24, 2.45) is 0 Å². The maximum atomic E-state index is 12.9. The summed E-state index contributed by atoms with van der Waals surface area (Å²) < 4.78 is 38.9. The number of morpholine rings is 1. The van der Waals surface area contributed by atoms with Crippen molar-refractivity contribution in [1.82, 2.24) is 9.62 Å². The fraction of sp³-hybridized carbons (Fsp3) is 0.417. The Morgan fingerprint density at radius 3 is 2.53 bits per heavy atom. The largest absolute Gasteiger partial charge is 0.496 e. The summed E-state index contributed by atoms with van der Waals surface area (Å²) in [5.74, 6) is 0.435. The van der Waals surface area contributed by atoms with Gasteiger partial charge in [-0.05, 0) is 36.2 Å². The number of para-hydroxylation sites is 1. The fourth-order valence-electron chi connectivity index (χ4n) is 4.23. The molecule has 2 aliphatic rings. The molecule has 2 aliphatic heterocycles. The van der Waals surface area contributed by atoms with Crippen LogP contribution in [-0.2, 0) is 37.3 Å². The lowest BCUT2D eigenvalue weighted by Gasteiger charge is -2.27. The Morgan fingerprint density at radius 1 is 1.03 bits per heavy atom. The van der Waals surface area contributed by atoms with E-state index in [1.807, 2.05) is 12.1 Å². The minimum atomic E-state index is -3.75. The quantitative estimate of drug-likeness (QED) is 0.608. The monoisotopic (exact) mass is 487 g/mol. The van der Waals surface area contributed by atoms with E-state index in [4.69, 9.17) is 9.47 Å². The van der Waals surface area contributed by atoms with Crippen molar-refractivity contribution in [3.05, 3.63) is 53.6 Å². The average Bonchev–Trinajstić information content (AvgIpc) is 3.30. The number of rotatable bonds is 8. The Hall–Kier alpha value is -2.95. The molecule has 0 atom stereocenters. The van der Waals surface area contributed by atoms with E-state index in [1.54, 1.807) is 41.2 Å². The molecule has 2 aromatic carbocycles. The van der Waals surface area contributed by atoms with Gasteiger partial charge in [0.2, 0.25) is 21.8 Å². The van der Waals surface area contributed by atoms with Crippen molar-refractivity contribution >= 4 is 27.5 Å². The lowest BCUT2D eigenvalue weighted by Crippen LogP contribution is -2.41. The predicted octanol–water partition coefficient (Wildman–Crippen LogP) is 1.70. The summed E-state index contributed by atoms with van der Waals surface area (Å²) in [4.78, 5) is 28.6. The highest BCUT2D eigenvalue weighted by molar-refractivity contribution is 7.89. The van der Waals surface area contributed by atoms with E-state index in [0.29, 0.717) is 50.7 Å². The van der Waals surface area contributed by atoms with Crippen LogP contribution in [0.1, 0.15) is 24.0 Å². The molecular weight excluding hydrogens is 458 g/mol. The van der Waals surface area contributed by atoms with Crippen LogP contribution in [0.25, 0.3) is 0 Å². The van der Waals surface area contributed by atoms with Gasteiger partial charge in [0.1, 0.15) is 5.75 Å². The highest BCUT2D eigenvalue weighted by Gasteiger charge is 2.27. The summed E-state index contributed by atoms with van der Waals surface area (Å²) in [6, 6.07) is 12.0. The van der Waals surface area contributed by atoms with Crippen LogP contribution < -0.4 is 14.4 Å². The number of carbonyl (C=O) groups is 2. The zero-order valence-corrected chi connectivity index (χ0v) is 20.0. The predicted molar refractivity (Wildman–Crippen MR) is 126 cm³/mol. The maximum Gasteiger partial charge on any atom is 0.240 e. The number of sulfonamides is 1. The van der Waals surface area contributed by atoms with E-state index < -0.39 is 10.0 Å². The van der Waals surface area contributed by atoms with Crippen LogP contribution in [0.3, 0.4) is 0 Å². The van der Waals surface area contributed by atoms with Crippen LogP contribution in [0.2, 0.25) is 0 Å². The molecule has 2 heterocycles. The third-order valence-electron chi connectivity index (χ3n) is 6.12. The molecule has 0 aliphatic carbocycles. The molecule has 10 heteroatoms. The molecule has 1 fully saturated rings. The smallest absolute Gasteiger partial charge is 0.240 e. The zero-order chi connectivity index (χ0) is 24.1. The summed E-state index contributed by atoms with van der Waals surface area (Å²) in [5, 5.41) is 0. The van der Waals surface area contributed by atoms with Crippen molar-refractivity contribution in [1.29, 1.82) is 0 Å². The van der Waals surface area contributed by atoms with Gasteiger partial charge in [-0.25, -0.2) is 13.1 Å². The zero-order valence-electron chi connectivity index (χ0n) is 19.2. The van der Waals surface area contributed by atoms with Gasteiger partial charge in [0.05, 0.1) is 25.2 Å². The van der Waals surface area contributed by atoms with Crippen LogP contribution in [0.15, 0.2) is 47.4 Å². The highest BCUT2D eigenvalue weighted by atomic mass is 32.2. The molecule has 0 bridgehead atoms. The maximum absolute atomic E-state index is 12.9. The van der Waals surface area contributed by atoms with Gasteiger partial charge in [0.25, 0.3) is 0 Å². The second-order valence-corrected chi connectivity index (χ2v) is 9.98. The van der Waals surface area contributed by atoms with E-state index in [2.05, 4.69) is 4.72 Å². The molecule has 2 aromatic rings. The van der Waals surface area contributed by atoms with Gasteiger partial charge in [-0.2, -0.15) is 0 Å². The molecular formula is C24H29N3O6S. The first-order valence-corrected chi connectivity index (χ1v) is 12.8. The summed E-state index contributed by atoms with van der Waals surface area (Å²) in [7, 11) is -2.20. The van der Waals surface area contributed by atoms with E-state index in [1.165, 1.54) is 6.07 Å². The number of amides is 2. The third-order valence-corrected chi connectivity index (χ3v) is 7.52. The van der Waals surface area contributed by atoms with Crippen LogP contribution in [0, 0.1) is 0 Å². The Balaban J connectivity index is 1.38. The Morgan fingerprint density at radius 2 is 1.76 bits per heavy atom. The Bertz CT molecular complexity index is 1160. The second-order valence-electron chi connectivity index (χ2n) is 8.22. The number of nitrogens with zero attached hydrogens (tertiary/aromatic N) is 2. The number of methoxy groups -OCH3 is 1. The molecule has 0 aromatic heterocycles. The van der Waals surface area contributed by atoms with Gasteiger partial charge in [-0.15, -0.1) is 0 Å². The van der Waals surface area contributed by atoms with E-state index in [-0.39, 0.29) is 36.1 Å². The number of anilines is 1. The first-order valence-electron chi connectivity index (χ1n) is 11.3. The van der Waals surface area contributed by atoms with Crippen LogP contribution in [-0.4, -0.2) is 65.1 Å². The summed E-state index contributed by atoms with van der Waals surface area (Å²) >= 11 is 0. The average molecular weight is 488 g/mol.